The van der Waals surface area contributed by atoms with Crippen molar-refractivity contribution in [2.45, 2.75) is 18.8 Å². The molecule has 1 saturated heterocycles. The molecule has 1 unspecified atom stereocenters. The molecule has 0 saturated carbocycles. The first-order chi connectivity index (χ1) is 12.5. The Morgan fingerprint density at radius 2 is 2.08 bits per heavy atom. The summed E-state index contributed by atoms with van der Waals surface area (Å²) in [6.07, 6.45) is 4.90. The number of nitrogens with zero attached hydrogens (tertiary/aromatic N) is 4. The second kappa shape index (κ2) is 8.23. The molecule has 0 aliphatic carbocycles. The van der Waals surface area contributed by atoms with Crippen LogP contribution in [0.4, 0.5) is 4.39 Å². The molecule has 7 heteroatoms. The Kier molecular flexibility index (Phi) is 5.78. The summed E-state index contributed by atoms with van der Waals surface area (Å²) in [5, 5.41) is 0. The van der Waals surface area contributed by atoms with Gasteiger partial charge in [-0.05, 0) is 39.1 Å². The van der Waals surface area contributed by atoms with Crippen LogP contribution >= 0.6 is 0 Å². The fourth-order valence-corrected chi connectivity index (χ4v) is 3.12. The van der Waals surface area contributed by atoms with Gasteiger partial charge >= 0.3 is 0 Å². The van der Waals surface area contributed by atoms with Gasteiger partial charge in [-0.3, -0.25) is 9.78 Å². The minimum Gasteiger partial charge on any atom is -0.434 e. The first-order valence-corrected chi connectivity index (χ1v) is 8.70. The number of likely N-dealkylation sites (tertiary alicyclic amines) is 1. The van der Waals surface area contributed by atoms with Gasteiger partial charge in [-0.25, -0.2) is 9.37 Å². The Balaban J connectivity index is 1.79. The van der Waals surface area contributed by atoms with Crippen LogP contribution in [0.3, 0.4) is 0 Å². The molecule has 1 aliphatic rings. The Morgan fingerprint density at radius 1 is 1.31 bits per heavy atom. The van der Waals surface area contributed by atoms with Crippen LogP contribution in [-0.2, 0) is 4.79 Å². The first-order valence-electron chi connectivity index (χ1n) is 8.70. The lowest BCUT2D eigenvalue weighted by Gasteiger charge is -2.33. The number of para-hydroxylation sites is 1. The fraction of sp³-hybridized carbons (Fsp3) is 0.421. The predicted molar refractivity (Wildman–Crippen MR) is 95.6 cm³/mol. The lowest BCUT2D eigenvalue weighted by atomic mass is 9.94. The highest BCUT2D eigenvalue weighted by Gasteiger charge is 2.28. The van der Waals surface area contributed by atoms with Crippen molar-refractivity contribution in [3.05, 3.63) is 48.2 Å². The predicted octanol–water partition coefficient (Wildman–Crippen LogP) is 2.68. The number of likely N-dealkylation sites (N-methyl/N-ethyl adjacent to an activating group) is 1. The Labute approximate surface area is 152 Å². The molecule has 2 aromatic rings. The number of hydrogen-bond acceptors (Lipinski definition) is 5. The summed E-state index contributed by atoms with van der Waals surface area (Å²) in [6, 6.07) is 6.21. The third-order valence-corrected chi connectivity index (χ3v) is 4.35. The maximum Gasteiger partial charge on any atom is 0.241 e. The average Bonchev–Trinajstić information content (AvgIpc) is 2.64. The van der Waals surface area contributed by atoms with E-state index in [0.29, 0.717) is 24.7 Å². The SMILES string of the molecule is CN(C)CC(=O)N1CCCC(c2nccnc2Oc2ccccc2F)C1. The third kappa shape index (κ3) is 4.35. The zero-order valence-electron chi connectivity index (χ0n) is 15.1. The van der Waals surface area contributed by atoms with Gasteiger partial charge in [-0.1, -0.05) is 12.1 Å². The van der Waals surface area contributed by atoms with Gasteiger partial charge < -0.3 is 14.5 Å². The van der Waals surface area contributed by atoms with Gasteiger partial charge in [-0.2, -0.15) is 0 Å². The summed E-state index contributed by atoms with van der Waals surface area (Å²) < 4.78 is 19.6. The van der Waals surface area contributed by atoms with E-state index in [1.807, 2.05) is 23.9 Å². The van der Waals surface area contributed by atoms with Crippen LogP contribution in [0.5, 0.6) is 11.6 Å². The molecule has 138 valence electrons. The quantitative estimate of drug-likeness (QED) is 0.822. The van der Waals surface area contributed by atoms with Crippen LogP contribution in [0.15, 0.2) is 36.7 Å². The van der Waals surface area contributed by atoms with Crippen molar-refractivity contribution in [2.24, 2.45) is 0 Å². The number of carbonyl (C=O) groups is 1. The molecule has 1 aromatic heterocycles. The van der Waals surface area contributed by atoms with Gasteiger partial charge in [-0.15, -0.1) is 0 Å². The minimum absolute atomic E-state index is 0.0188. The van der Waals surface area contributed by atoms with Crippen LogP contribution in [0.2, 0.25) is 0 Å². The number of aromatic nitrogens is 2. The second-order valence-corrected chi connectivity index (χ2v) is 6.70. The van der Waals surface area contributed by atoms with E-state index in [4.69, 9.17) is 4.74 Å². The Bertz CT molecular complexity index is 769. The maximum absolute atomic E-state index is 13.9. The van der Waals surface area contributed by atoms with E-state index in [-0.39, 0.29) is 17.6 Å². The molecular weight excluding hydrogens is 335 g/mol. The standard InChI is InChI=1S/C19H23FN4O2/c1-23(2)13-17(25)24-11-5-6-14(12-24)18-19(22-10-9-21-18)26-16-8-4-3-7-15(16)20/h3-4,7-10,14H,5-6,11-13H2,1-2H3. The summed E-state index contributed by atoms with van der Waals surface area (Å²) in [6.45, 7) is 1.69. The van der Waals surface area contributed by atoms with Crippen molar-refractivity contribution >= 4 is 5.91 Å². The van der Waals surface area contributed by atoms with E-state index in [1.54, 1.807) is 24.4 Å². The average molecular weight is 358 g/mol. The summed E-state index contributed by atoms with van der Waals surface area (Å²) in [5.41, 5.74) is 0.665. The molecule has 6 nitrogen and oxygen atoms in total. The van der Waals surface area contributed by atoms with Crippen LogP contribution in [0, 0.1) is 5.82 Å². The van der Waals surface area contributed by atoms with E-state index in [2.05, 4.69) is 9.97 Å². The molecule has 1 atom stereocenters. The topological polar surface area (TPSA) is 58.6 Å². The summed E-state index contributed by atoms with van der Waals surface area (Å²) in [5.74, 6) is 0.0798. The molecule has 1 amide bonds. The third-order valence-electron chi connectivity index (χ3n) is 4.35. The number of amides is 1. The number of ether oxygens (including phenoxy) is 1. The van der Waals surface area contributed by atoms with E-state index in [9.17, 15) is 9.18 Å². The Hall–Kier alpha value is -2.54. The van der Waals surface area contributed by atoms with Crippen LogP contribution in [-0.4, -0.2) is 59.4 Å². The van der Waals surface area contributed by atoms with E-state index in [0.717, 1.165) is 19.4 Å². The van der Waals surface area contributed by atoms with Crippen molar-refractivity contribution in [3.63, 3.8) is 0 Å². The highest BCUT2D eigenvalue weighted by molar-refractivity contribution is 5.78. The van der Waals surface area contributed by atoms with Crippen molar-refractivity contribution < 1.29 is 13.9 Å². The highest BCUT2D eigenvalue weighted by Crippen LogP contribution is 2.33. The lowest BCUT2D eigenvalue weighted by molar-refractivity contribution is -0.133. The summed E-state index contributed by atoms with van der Waals surface area (Å²) in [4.78, 5) is 24.8. The lowest BCUT2D eigenvalue weighted by Crippen LogP contribution is -2.43. The smallest absolute Gasteiger partial charge is 0.241 e. The van der Waals surface area contributed by atoms with Crippen LogP contribution in [0.25, 0.3) is 0 Å². The highest BCUT2D eigenvalue weighted by atomic mass is 19.1. The van der Waals surface area contributed by atoms with Crippen molar-refractivity contribution in [1.29, 1.82) is 0 Å². The normalized spacial score (nSPS) is 17.4. The van der Waals surface area contributed by atoms with Gasteiger partial charge in [0.2, 0.25) is 11.8 Å². The number of halogens is 1. The molecule has 0 bridgehead atoms. The molecule has 0 N–H and O–H groups in total. The van der Waals surface area contributed by atoms with Crippen molar-refractivity contribution in [2.75, 3.05) is 33.7 Å². The molecule has 1 aliphatic heterocycles. The van der Waals surface area contributed by atoms with E-state index in [1.165, 1.54) is 12.3 Å². The van der Waals surface area contributed by atoms with Gasteiger partial charge in [0, 0.05) is 31.4 Å². The van der Waals surface area contributed by atoms with Crippen molar-refractivity contribution in [3.8, 4) is 11.6 Å². The number of carbonyl (C=O) groups excluding carboxylic acids is 1. The van der Waals surface area contributed by atoms with Gasteiger partial charge in [0.1, 0.15) is 5.69 Å². The van der Waals surface area contributed by atoms with E-state index >= 15 is 0 Å². The number of benzene rings is 1. The fourth-order valence-electron chi connectivity index (χ4n) is 3.12. The summed E-state index contributed by atoms with van der Waals surface area (Å²) in [7, 11) is 3.75. The largest absolute Gasteiger partial charge is 0.434 e. The number of hydrogen-bond donors (Lipinski definition) is 0. The number of rotatable bonds is 5. The number of piperidine rings is 1. The van der Waals surface area contributed by atoms with Gasteiger partial charge in [0.15, 0.2) is 11.6 Å². The molecule has 1 fully saturated rings. The van der Waals surface area contributed by atoms with E-state index < -0.39 is 5.82 Å². The summed E-state index contributed by atoms with van der Waals surface area (Å²) >= 11 is 0. The molecule has 3 rings (SSSR count). The zero-order chi connectivity index (χ0) is 18.5. The van der Waals surface area contributed by atoms with Gasteiger partial charge in [0.25, 0.3) is 0 Å². The zero-order valence-corrected chi connectivity index (χ0v) is 15.1. The first kappa shape index (κ1) is 18.3. The maximum atomic E-state index is 13.9. The minimum atomic E-state index is -0.449. The molecule has 2 heterocycles. The molecule has 0 spiro atoms. The van der Waals surface area contributed by atoms with Crippen LogP contribution in [0.1, 0.15) is 24.5 Å². The molecule has 1 aromatic carbocycles. The Morgan fingerprint density at radius 3 is 2.85 bits per heavy atom. The molecule has 0 radical (unpaired) electrons. The van der Waals surface area contributed by atoms with Crippen LogP contribution < -0.4 is 4.74 Å². The van der Waals surface area contributed by atoms with Gasteiger partial charge in [0.05, 0.1) is 6.54 Å². The monoisotopic (exact) mass is 358 g/mol. The second-order valence-electron chi connectivity index (χ2n) is 6.70. The van der Waals surface area contributed by atoms with Crippen molar-refractivity contribution in [1.82, 2.24) is 19.8 Å². The molecular formula is C19H23FN4O2. The molecule has 26 heavy (non-hydrogen) atoms.